The molecular formula is C18H22N2O. The molecule has 0 radical (unpaired) electrons. The van der Waals surface area contributed by atoms with E-state index in [0.717, 1.165) is 18.0 Å². The highest BCUT2D eigenvalue weighted by Gasteiger charge is 2.11. The van der Waals surface area contributed by atoms with Crippen LogP contribution in [-0.2, 0) is 19.4 Å². The fourth-order valence-electron chi connectivity index (χ4n) is 2.96. The van der Waals surface area contributed by atoms with Crippen LogP contribution in [0.2, 0.25) is 0 Å². The lowest BCUT2D eigenvalue weighted by molar-refractivity contribution is 0.459. The largest absolute Gasteiger partial charge is 0.439 e. The van der Waals surface area contributed by atoms with Crippen molar-refractivity contribution in [3.05, 3.63) is 52.7 Å². The molecule has 0 atom stereocenters. The van der Waals surface area contributed by atoms with Crippen LogP contribution in [0.4, 0.5) is 0 Å². The normalized spacial score (nSPS) is 13.8. The van der Waals surface area contributed by atoms with Crippen molar-refractivity contribution in [2.75, 3.05) is 7.05 Å². The van der Waals surface area contributed by atoms with Gasteiger partial charge in [0.2, 0.25) is 5.88 Å². The maximum Gasteiger partial charge on any atom is 0.219 e. The molecule has 1 aliphatic rings. The van der Waals surface area contributed by atoms with E-state index in [0.29, 0.717) is 5.88 Å². The number of aryl methyl sites for hydroxylation is 3. The molecule has 21 heavy (non-hydrogen) atoms. The first-order valence-electron chi connectivity index (χ1n) is 7.66. The van der Waals surface area contributed by atoms with Crippen LogP contribution in [0.5, 0.6) is 11.6 Å². The summed E-state index contributed by atoms with van der Waals surface area (Å²) in [4.78, 5) is 4.47. The summed E-state index contributed by atoms with van der Waals surface area (Å²) >= 11 is 0. The minimum absolute atomic E-state index is 0.677. The lowest BCUT2D eigenvalue weighted by Crippen LogP contribution is -2.06. The Morgan fingerprint density at radius 2 is 1.90 bits per heavy atom. The van der Waals surface area contributed by atoms with Gasteiger partial charge in [0.05, 0.1) is 0 Å². The lowest BCUT2D eigenvalue weighted by Gasteiger charge is -2.16. The minimum atomic E-state index is 0.677. The molecule has 1 aromatic heterocycles. The molecule has 1 heterocycles. The SMILES string of the molecule is CNCc1cc(C)nc(Oc2ccc3c(c2)CCCC3)c1. The van der Waals surface area contributed by atoms with E-state index >= 15 is 0 Å². The van der Waals surface area contributed by atoms with E-state index in [2.05, 4.69) is 34.6 Å². The Kier molecular flexibility index (Phi) is 4.20. The molecule has 0 fully saturated rings. The summed E-state index contributed by atoms with van der Waals surface area (Å²) in [6.45, 7) is 2.82. The summed E-state index contributed by atoms with van der Waals surface area (Å²) in [5.41, 5.74) is 5.08. The Morgan fingerprint density at radius 3 is 2.71 bits per heavy atom. The van der Waals surface area contributed by atoms with Crippen molar-refractivity contribution < 1.29 is 4.74 Å². The number of nitrogens with zero attached hydrogens (tertiary/aromatic N) is 1. The van der Waals surface area contributed by atoms with Crippen molar-refractivity contribution in [3.63, 3.8) is 0 Å². The van der Waals surface area contributed by atoms with Gasteiger partial charge < -0.3 is 10.1 Å². The predicted octanol–water partition coefficient (Wildman–Crippen LogP) is 3.78. The number of ether oxygens (including phenoxy) is 1. The number of rotatable bonds is 4. The van der Waals surface area contributed by atoms with Crippen LogP contribution in [0.1, 0.15) is 35.2 Å². The van der Waals surface area contributed by atoms with Gasteiger partial charge in [-0.1, -0.05) is 6.07 Å². The van der Waals surface area contributed by atoms with Gasteiger partial charge in [-0.2, -0.15) is 0 Å². The number of pyridine rings is 1. The van der Waals surface area contributed by atoms with Gasteiger partial charge in [0.25, 0.3) is 0 Å². The fraction of sp³-hybridized carbons (Fsp3) is 0.389. The number of aromatic nitrogens is 1. The van der Waals surface area contributed by atoms with Crippen molar-refractivity contribution >= 4 is 0 Å². The first-order valence-corrected chi connectivity index (χ1v) is 7.66. The van der Waals surface area contributed by atoms with Crippen LogP contribution in [0.3, 0.4) is 0 Å². The van der Waals surface area contributed by atoms with Gasteiger partial charge in [-0.15, -0.1) is 0 Å². The van der Waals surface area contributed by atoms with Gasteiger partial charge in [0.15, 0.2) is 0 Å². The molecule has 0 spiro atoms. The lowest BCUT2D eigenvalue weighted by atomic mass is 9.92. The molecule has 0 unspecified atom stereocenters. The van der Waals surface area contributed by atoms with Crippen molar-refractivity contribution in [2.24, 2.45) is 0 Å². The molecule has 0 saturated carbocycles. The number of hydrogen-bond donors (Lipinski definition) is 1. The molecule has 1 N–H and O–H groups in total. The zero-order chi connectivity index (χ0) is 14.7. The van der Waals surface area contributed by atoms with Crippen molar-refractivity contribution in [1.82, 2.24) is 10.3 Å². The quantitative estimate of drug-likeness (QED) is 0.926. The molecule has 110 valence electrons. The smallest absolute Gasteiger partial charge is 0.219 e. The predicted molar refractivity (Wildman–Crippen MR) is 84.9 cm³/mol. The van der Waals surface area contributed by atoms with E-state index < -0.39 is 0 Å². The van der Waals surface area contributed by atoms with Gasteiger partial charge in [-0.05, 0) is 74.5 Å². The second kappa shape index (κ2) is 6.27. The van der Waals surface area contributed by atoms with Gasteiger partial charge in [-0.25, -0.2) is 4.98 Å². The standard InChI is InChI=1S/C18H22N2O/c1-13-9-14(12-19-2)10-18(20-13)21-17-8-7-15-5-3-4-6-16(15)11-17/h7-11,19H,3-6,12H2,1-2H3. The summed E-state index contributed by atoms with van der Waals surface area (Å²) in [7, 11) is 1.94. The highest BCUT2D eigenvalue weighted by molar-refractivity contribution is 5.39. The van der Waals surface area contributed by atoms with Crippen LogP contribution < -0.4 is 10.1 Å². The fourth-order valence-corrected chi connectivity index (χ4v) is 2.96. The third kappa shape index (κ3) is 3.42. The van der Waals surface area contributed by atoms with Crippen LogP contribution in [0, 0.1) is 6.92 Å². The van der Waals surface area contributed by atoms with Crippen LogP contribution in [0.15, 0.2) is 30.3 Å². The Labute approximate surface area is 126 Å². The summed E-state index contributed by atoms with van der Waals surface area (Å²) < 4.78 is 5.97. The molecule has 0 aliphatic heterocycles. The zero-order valence-corrected chi connectivity index (χ0v) is 12.8. The van der Waals surface area contributed by atoms with E-state index in [4.69, 9.17) is 4.74 Å². The van der Waals surface area contributed by atoms with E-state index in [1.54, 1.807) is 0 Å². The summed E-state index contributed by atoms with van der Waals surface area (Å²) in [5, 5.41) is 3.16. The van der Waals surface area contributed by atoms with E-state index in [1.165, 1.54) is 42.4 Å². The molecule has 1 aliphatic carbocycles. The third-order valence-corrected chi connectivity index (χ3v) is 3.91. The van der Waals surface area contributed by atoms with Crippen molar-refractivity contribution in [2.45, 2.75) is 39.2 Å². The Hall–Kier alpha value is -1.87. The first kappa shape index (κ1) is 14.1. The molecule has 2 aromatic rings. The summed E-state index contributed by atoms with van der Waals surface area (Å²) in [6.07, 6.45) is 4.95. The zero-order valence-electron chi connectivity index (χ0n) is 12.8. The highest BCUT2D eigenvalue weighted by atomic mass is 16.5. The number of fused-ring (bicyclic) bond motifs is 1. The number of hydrogen-bond acceptors (Lipinski definition) is 3. The number of nitrogens with one attached hydrogen (secondary N) is 1. The van der Waals surface area contributed by atoms with Crippen LogP contribution >= 0.6 is 0 Å². The third-order valence-electron chi connectivity index (χ3n) is 3.91. The maximum atomic E-state index is 5.97. The molecule has 3 nitrogen and oxygen atoms in total. The Bertz CT molecular complexity index is 637. The topological polar surface area (TPSA) is 34.2 Å². The van der Waals surface area contributed by atoms with Gasteiger partial charge >= 0.3 is 0 Å². The monoisotopic (exact) mass is 282 g/mol. The highest BCUT2D eigenvalue weighted by Crippen LogP contribution is 2.28. The summed E-state index contributed by atoms with van der Waals surface area (Å²) in [6, 6.07) is 10.5. The average molecular weight is 282 g/mol. The van der Waals surface area contributed by atoms with Crippen molar-refractivity contribution in [3.8, 4) is 11.6 Å². The molecule has 3 heteroatoms. The van der Waals surface area contributed by atoms with E-state index in [9.17, 15) is 0 Å². The van der Waals surface area contributed by atoms with Gasteiger partial charge in [0, 0.05) is 18.3 Å². The molecular weight excluding hydrogens is 260 g/mol. The molecule has 1 aromatic carbocycles. The molecule has 3 rings (SSSR count). The van der Waals surface area contributed by atoms with Crippen LogP contribution in [-0.4, -0.2) is 12.0 Å². The first-order chi connectivity index (χ1) is 10.2. The Morgan fingerprint density at radius 1 is 1.10 bits per heavy atom. The van der Waals surface area contributed by atoms with E-state index in [-0.39, 0.29) is 0 Å². The summed E-state index contributed by atoms with van der Waals surface area (Å²) in [5.74, 6) is 1.57. The Balaban J connectivity index is 1.83. The van der Waals surface area contributed by atoms with Gasteiger partial charge in [-0.3, -0.25) is 0 Å². The molecule has 0 bridgehead atoms. The average Bonchev–Trinajstić information content (AvgIpc) is 2.47. The van der Waals surface area contributed by atoms with E-state index in [1.807, 2.05) is 20.0 Å². The maximum absolute atomic E-state index is 5.97. The second-order valence-electron chi connectivity index (χ2n) is 5.73. The van der Waals surface area contributed by atoms with Crippen LogP contribution in [0.25, 0.3) is 0 Å². The van der Waals surface area contributed by atoms with Crippen molar-refractivity contribution in [1.29, 1.82) is 0 Å². The molecule has 0 amide bonds. The molecule has 0 saturated heterocycles. The number of benzene rings is 1. The minimum Gasteiger partial charge on any atom is -0.439 e. The second-order valence-corrected chi connectivity index (χ2v) is 5.73. The van der Waals surface area contributed by atoms with Gasteiger partial charge in [0.1, 0.15) is 5.75 Å².